The fourth-order valence-electron chi connectivity index (χ4n) is 0.340. The van der Waals surface area contributed by atoms with Gasteiger partial charge in [0.15, 0.2) is 0 Å². The fraction of sp³-hybridized carbons (Fsp3) is 0.385. The number of rotatable bonds is 0. The summed E-state index contributed by atoms with van der Waals surface area (Å²) >= 11 is 0. The second-order valence-electron chi connectivity index (χ2n) is 3.25. The summed E-state index contributed by atoms with van der Waals surface area (Å²) in [5.74, 6) is 0. The molecule has 0 aromatic heterocycles. The molecule has 1 N–H and O–H groups in total. The van der Waals surface area contributed by atoms with Gasteiger partial charge in [0.05, 0.1) is 0 Å². The van der Waals surface area contributed by atoms with Crippen molar-refractivity contribution in [2.45, 2.75) is 32.7 Å². The summed E-state index contributed by atoms with van der Waals surface area (Å²) < 4.78 is 0. The van der Waals surface area contributed by atoms with Crippen molar-refractivity contribution in [1.29, 1.82) is 0 Å². The first-order valence-corrected chi connectivity index (χ1v) is 3.47. The van der Waals surface area contributed by atoms with E-state index in [4.69, 9.17) is 5.73 Å². The maximum absolute atomic E-state index is 6.94. The van der Waals surface area contributed by atoms with Crippen LogP contribution in [0.5, 0.6) is 0 Å². The molecule has 1 rings (SSSR count). The average Bonchev–Trinajstić information content (AvgIpc) is 2.07. The largest absolute Gasteiger partial charge is 0.673 e. The van der Waals surface area contributed by atoms with E-state index in [0.29, 0.717) is 0 Å². The summed E-state index contributed by atoms with van der Waals surface area (Å²) in [6.07, 6.45) is 10.0. The SMILES string of the molecule is CC(C)(C)[NH-].Cl.Cl.[C-]1=CC=CC1.[CH3-].[CH3-].[CH3-].[CH3-].[Ti]. The molecule has 0 fully saturated rings. The first-order chi connectivity index (χ1) is 4.50. The van der Waals surface area contributed by atoms with E-state index in [0.717, 1.165) is 6.42 Å². The molecule has 0 amide bonds. The van der Waals surface area contributed by atoms with Crippen LogP contribution in [0.1, 0.15) is 27.2 Å². The third-order valence-corrected chi connectivity index (χ3v) is 0.586. The van der Waals surface area contributed by atoms with Crippen molar-refractivity contribution < 1.29 is 21.7 Å². The molecule has 0 unspecified atom stereocenters. The summed E-state index contributed by atoms with van der Waals surface area (Å²) in [4.78, 5) is 0. The van der Waals surface area contributed by atoms with Crippen molar-refractivity contribution in [1.82, 2.24) is 0 Å². The van der Waals surface area contributed by atoms with Gasteiger partial charge < -0.3 is 35.4 Å². The molecule has 0 radical (unpaired) electrons. The van der Waals surface area contributed by atoms with Crippen LogP contribution >= 0.6 is 24.8 Å². The molecule has 4 heteroatoms. The summed E-state index contributed by atoms with van der Waals surface area (Å²) in [5.41, 5.74) is 6.69. The van der Waals surface area contributed by atoms with E-state index in [1.807, 2.05) is 32.9 Å². The zero-order valence-corrected chi connectivity index (χ0v) is 15.5. The van der Waals surface area contributed by atoms with E-state index in [1.54, 1.807) is 0 Å². The topological polar surface area (TPSA) is 23.8 Å². The van der Waals surface area contributed by atoms with Crippen molar-refractivity contribution in [3.8, 4) is 0 Å². The molecule has 0 spiro atoms. The molecule has 0 saturated heterocycles. The molecule has 0 saturated carbocycles. The summed E-state index contributed by atoms with van der Waals surface area (Å²) in [6, 6.07) is 0. The van der Waals surface area contributed by atoms with E-state index < -0.39 is 0 Å². The molecule has 0 aliphatic heterocycles. The van der Waals surface area contributed by atoms with Crippen LogP contribution in [-0.2, 0) is 21.7 Å². The Morgan fingerprint density at radius 3 is 1.35 bits per heavy atom. The van der Waals surface area contributed by atoms with Crippen LogP contribution in [0.2, 0.25) is 0 Å². The van der Waals surface area contributed by atoms with Crippen molar-refractivity contribution in [3.05, 3.63) is 59.7 Å². The van der Waals surface area contributed by atoms with E-state index in [9.17, 15) is 0 Å². The van der Waals surface area contributed by atoms with Gasteiger partial charge in [-0.25, -0.2) is 12.2 Å². The Morgan fingerprint density at radius 1 is 1.00 bits per heavy atom. The summed E-state index contributed by atoms with van der Waals surface area (Å²) in [7, 11) is 0. The quantitative estimate of drug-likeness (QED) is 0.399. The van der Waals surface area contributed by atoms with Crippen LogP contribution in [-0.4, -0.2) is 5.54 Å². The number of nitrogens with one attached hydrogen (secondary N) is 1. The first-order valence-electron chi connectivity index (χ1n) is 3.47. The van der Waals surface area contributed by atoms with Crippen molar-refractivity contribution >= 4 is 24.8 Å². The minimum absolute atomic E-state index is 0. The second kappa shape index (κ2) is 30.1. The Morgan fingerprint density at radius 2 is 1.29 bits per heavy atom. The molecule has 1 aliphatic rings. The third kappa shape index (κ3) is 110. The number of allylic oxidation sites excluding steroid dienone is 4. The molecule has 0 bridgehead atoms. The number of halogens is 2. The molecular weight excluding hydrogens is 289 g/mol. The minimum atomic E-state index is -0.250. The monoisotopic (exact) mass is 317 g/mol. The van der Waals surface area contributed by atoms with E-state index in [1.165, 1.54) is 0 Å². The second-order valence-corrected chi connectivity index (χ2v) is 3.25. The Kier molecular flexibility index (Phi) is 92.8. The van der Waals surface area contributed by atoms with Gasteiger partial charge in [0, 0.05) is 21.7 Å². The first kappa shape index (κ1) is 52.4. The van der Waals surface area contributed by atoms with Gasteiger partial charge in [0.25, 0.3) is 0 Å². The molecule has 1 aliphatic carbocycles. The predicted molar refractivity (Wildman–Crippen MR) is 85.8 cm³/mol. The van der Waals surface area contributed by atoms with Gasteiger partial charge in [0.2, 0.25) is 0 Å². The smallest absolute Gasteiger partial charge is 0 e. The average molecular weight is 318 g/mol. The number of hydrogen-bond acceptors (Lipinski definition) is 0. The Labute approximate surface area is 138 Å². The molecule has 0 atom stereocenters. The van der Waals surface area contributed by atoms with Crippen LogP contribution < -0.4 is 0 Å². The molecule has 17 heavy (non-hydrogen) atoms. The Hall–Kier alpha value is 0.734. The van der Waals surface area contributed by atoms with Gasteiger partial charge in [0.1, 0.15) is 0 Å². The maximum Gasteiger partial charge on any atom is 0 e. The minimum Gasteiger partial charge on any atom is -0.673 e. The summed E-state index contributed by atoms with van der Waals surface area (Å²) in [5, 5.41) is 0. The van der Waals surface area contributed by atoms with Crippen LogP contribution in [0, 0.1) is 35.8 Å². The predicted octanol–water partition coefficient (Wildman–Crippen LogP) is 5.79. The summed E-state index contributed by atoms with van der Waals surface area (Å²) in [6.45, 7) is 5.56. The molecule has 1 nitrogen and oxygen atoms in total. The van der Waals surface area contributed by atoms with Crippen molar-refractivity contribution in [2.75, 3.05) is 0 Å². The standard InChI is InChI=1S/C5H5.C4H10N.4CH3.2ClH.Ti/c1-2-4-5-3-1;1-4(2,3)5;;;;;;;/h1-3H,4H2;5H,1-3H3;4*1H3;2*1H;/q6*-1;;;. The molecule has 110 valence electrons. The fourth-order valence-corrected chi connectivity index (χ4v) is 0.340. The molecule has 0 aromatic rings. The van der Waals surface area contributed by atoms with Crippen molar-refractivity contribution in [2.24, 2.45) is 0 Å². The molecule has 0 heterocycles. The van der Waals surface area contributed by atoms with E-state index >= 15 is 0 Å². The van der Waals surface area contributed by atoms with Crippen molar-refractivity contribution in [3.63, 3.8) is 0 Å². The zero-order chi connectivity index (χ0) is 8.04. The molecule has 0 aromatic carbocycles. The Balaban J connectivity index is -0.0000000112. The van der Waals surface area contributed by atoms with Gasteiger partial charge in [-0.3, -0.25) is 6.08 Å². The van der Waals surface area contributed by atoms with Crippen LogP contribution in [0.25, 0.3) is 5.73 Å². The van der Waals surface area contributed by atoms with Gasteiger partial charge in [-0.05, 0) is 0 Å². The number of hydrogen-bond donors (Lipinski definition) is 0. The van der Waals surface area contributed by atoms with Gasteiger partial charge in [-0.15, -0.1) is 36.8 Å². The van der Waals surface area contributed by atoms with E-state index in [2.05, 4.69) is 12.2 Å². The molecular formula is C13H29Cl2NTi-6. The third-order valence-electron chi connectivity index (χ3n) is 0.586. The van der Waals surface area contributed by atoms with Gasteiger partial charge in [-0.1, -0.05) is 20.8 Å². The van der Waals surface area contributed by atoms with Gasteiger partial charge >= 0.3 is 0 Å². The zero-order valence-electron chi connectivity index (χ0n) is 12.3. The van der Waals surface area contributed by atoms with Crippen LogP contribution in [0.3, 0.4) is 0 Å². The Bertz CT molecular complexity index is 125. The maximum atomic E-state index is 6.94. The van der Waals surface area contributed by atoms with Crippen LogP contribution in [0.15, 0.2) is 18.2 Å². The normalized spacial score (nSPS) is 8.71. The van der Waals surface area contributed by atoms with E-state index in [-0.39, 0.29) is 81.8 Å². The van der Waals surface area contributed by atoms with Crippen LogP contribution in [0.4, 0.5) is 0 Å². The van der Waals surface area contributed by atoms with Gasteiger partial charge in [-0.2, -0.15) is 6.08 Å².